The van der Waals surface area contributed by atoms with Crippen molar-refractivity contribution in [3.63, 3.8) is 0 Å². The van der Waals surface area contributed by atoms with Gasteiger partial charge in [0.05, 0.1) is 19.0 Å². The monoisotopic (exact) mass is 375 g/mol. The average Bonchev–Trinajstić information content (AvgIpc) is 2.55. The summed E-state index contributed by atoms with van der Waals surface area (Å²) in [4.78, 5) is 12.1. The van der Waals surface area contributed by atoms with Crippen LogP contribution >= 0.6 is 15.9 Å². The van der Waals surface area contributed by atoms with E-state index in [2.05, 4.69) is 31.8 Å². The van der Waals surface area contributed by atoms with Gasteiger partial charge < -0.3 is 10.1 Å². The highest BCUT2D eigenvalue weighted by Gasteiger charge is 2.13. The van der Waals surface area contributed by atoms with E-state index in [-0.39, 0.29) is 5.91 Å². The lowest BCUT2D eigenvalue weighted by molar-refractivity contribution is -0.121. The lowest BCUT2D eigenvalue weighted by Crippen LogP contribution is -2.35. The molecular weight excluding hydrogens is 358 g/mol. The lowest BCUT2D eigenvalue weighted by atomic mass is 10.2. The number of nitrogens with one attached hydrogen (secondary N) is 2. The van der Waals surface area contributed by atoms with Gasteiger partial charge in [0.25, 0.3) is 5.91 Å². The van der Waals surface area contributed by atoms with E-state index in [0.717, 1.165) is 15.7 Å². The van der Waals surface area contributed by atoms with E-state index in [1.54, 1.807) is 20.2 Å². The van der Waals surface area contributed by atoms with Crippen LogP contribution in [0.25, 0.3) is 0 Å². The molecule has 0 aliphatic heterocycles. The summed E-state index contributed by atoms with van der Waals surface area (Å²) < 4.78 is 6.21. The van der Waals surface area contributed by atoms with Crippen LogP contribution < -0.4 is 15.5 Å². The molecule has 0 aliphatic rings. The number of para-hydroxylation sites is 2. The topological polar surface area (TPSA) is 62.7 Å². The molecule has 0 aromatic heterocycles. The molecule has 5 nitrogen and oxygen atoms in total. The van der Waals surface area contributed by atoms with Gasteiger partial charge in [0, 0.05) is 4.47 Å². The molecule has 1 atom stereocenters. The highest BCUT2D eigenvalue weighted by atomic mass is 79.9. The van der Waals surface area contributed by atoms with Crippen LogP contribution in [0.4, 0.5) is 5.69 Å². The number of hydrazone groups is 1. The third-order valence-corrected chi connectivity index (χ3v) is 3.60. The summed E-state index contributed by atoms with van der Waals surface area (Å²) in [6, 6.07) is 14.6. The van der Waals surface area contributed by atoms with Crippen LogP contribution in [-0.4, -0.2) is 25.3 Å². The Balaban J connectivity index is 1.92. The molecule has 0 bridgehead atoms. The van der Waals surface area contributed by atoms with Gasteiger partial charge in [0.1, 0.15) is 11.8 Å². The van der Waals surface area contributed by atoms with Crippen molar-refractivity contribution in [2.24, 2.45) is 5.10 Å². The largest absolute Gasteiger partial charge is 0.495 e. The summed E-state index contributed by atoms with van der Waals surface area (Å²) in [7, 11) is 1.59. The zero-order valence-corrected chi connectivity index (χ0v) is 14.5. The van der Waals surface area contributed by atoms with Crippen LogP contribution in [0.5, 0.6) is 5.75 Å². The van der Waals surface area contributed by atoms with Gasteiger partial charge in [0.15, 0.2) is 0 Å². The van der Waals surface area contributed by atoms with Crippen LogP contribution in [0.15, 0.2) is 58.1 Å². The molecule has 2 rings (SSSR count). The number of halogens is 1. The normalized spacial score (nSPS) is 12.0. The molecule has 23 heavy (non-hydrogen) atoms. The van der Waals surface area contributed by atoms with E-state index in [1.807, 2.05) is 48.5 Å². The van der Waals surface area contributed by atoms with E-state index >= 15 is 0 Å². The maximum atomic E-state index is 12.1. The zero-order chi connectivity index (χ0) is 16.7. The highest BCUT2D eigenvalue weighted by Crippen LogP contribution is 2.23. The van der Waals surface area contributed by atoms with Gasteiger partial charge >= 0.3 is 0 Å². The smallest absolute Gasteiger partial charge is 0.262 e. The number of carbonyl (C=O) groups excluding carboxylic acids is 1. The molecule has 0 radical (unpaired) electrons. The Bertz CT molecular complexity index is 704. The molecular formula is C17H18BrN3O2. The second-order valence-electron chi connectivity index (χ2n) is 4.86. The van der Waals surface area contributed by atoms with Gasteiger partial charge in [-0.15, -0.1) is 0 Å². The van der Waals surface area contributed by atoms with Gasteiger partial charge in [-0.05, 0) is 36.8 Å². The van der Waals surface area contributed by atoms with Crippen LogP contribution in [0, 0.1) is 0 Å². The van der Waals surface area contributed by atoms with E-state index in [0.29, 0.717) is 5.75 Å². The number of carbonyl (C=O) groups is 1. The first-order chi connectivity index (χ1) is 11.1. The van der Waals surface area contributed by atoms with Crippen molar-refractivity contribution in [1.82, 2.24) is 5.43 Å². The first-order valence-electron chi connectivity index (χ1n) is 7.08. The first-order valence-corrected chi connectivity index (χ1v) is 7.87. The van der Waals surface area contributed by atoms with Crippen LogP contribution in [-0.2, 0) is 4.79 Å². The molecule has 2 aromatic rings. The van der Waals surface area contributed by atoms with E-state index in [1.165, 1.54) is 0 Å². The molecule has 2 N–H and O–H groups in total. The molecule has 6 heteroatoms. The summed E-state index contributed by atoms with van der Waals surface area (Å²) in [5.74, 6) is 0.451. The number of anilines is 1. The van der Waals surface area contributed by atoms with Gasteiger partial charge in [-0.1, -0.05) is 40.2 Å². The summed E-state index contributed by atoms with van der Waals surface area (Å²) in [6.07, 6.45) is 1.60. The molecule has 0 aliphatic carbocycles. The maximum absolute atomic E-state index is 12.1. The number of amides is 1. The fourth-order valence-electron chi connectivity index (χ4n) is 1.92. The maximum Gasteiger partial charge on any atom is 0.262 e. The molecule has 1 amide bonds. The summed E-state index contributed by atoms with van der Waals surface area (Å²) in [6.45, 7) is 1.76. The second kappa shape index (κ2) is 8.33. The van der Waals surface area contributed by atoms with Gasteiger partial charge in [-0.2, -0.15) is 5.10 Å². The quantitative estimate of drug-likeness (QED) is 0.600. The molecule has 0 unspecified atom stereocenters. The van der Waals surface area contributed by atoms with Gasteiger partial charge in [0.2, 0.25) is 0 Å². The summed E-state index contributed by atoms with van der Waals surface area (Å²) >= 11 is 3.39. The predicted octanol–water partition coefficient (Wildman–Crippen LogP) is 3.41. The summed E-state index contributed by atoms with van der Waals surface area (Å²) in [5.41, 5.74) is 4.17. The number of rotatable bonds is 6. The van der Waals surface area contributed by atoms with Crippen LogP contribution in [0.1, 0.15) is 12.5 Å². The minimum atomic E-state index is -0.453. The molecule has 0 spiro atoms. The Labute approximate surface area is 143 Å². The summed E-state index contributed by atoms with van der Waals surface area (Å²) in [5, 5.41) is 7.07. The minimum absolute atomic E-state index is 0.234. The van der Waals surface area contributed by atoms with E-state index < -0.39 is 6.04 Å². The number of nitrogens with zero attached hydrogens (tertiary/aromatic N) is 1. The number of benzene rings is 2. The highest BCUT2D eigenvalue weighted by molar-refractivity contribution is 9.10. The molecule has 0 fully saturated rings. The van der Waals surface area contributed by atoms with Gasteiger partial charge in [-0.3, -0.25) is 4.79 Å². The van der Waals surface area contributed by atoms with Crippen molar-refractivity contribution < 1.29 is 9.53 Å². The van der Waals surface area contributed by atoms with Crippen LogP contribution in [0.3, 0.4) is 0 Å². The number of ether oxygens (including phenoxy) is 1. The number of hydrogen-bond acceptors (Lipinski definition) is 4. The molecule has 0 saturated heterocycles. The standard InChI is InChI=1S/C17H18BrN3O2/c1-12(20-15-8-3-4-9-16(15)23-2)17(22)21-19-11-13-6-5-7-14(18)10-13/h3-12,20H,1-2H3,(H,21,22)/b19-11-/t12-/m1/s1. The third kappa shape index (κ3) is 5.10. The fourth-order valence-corrected chi connectivity index (χ4v) is 2.33. The SMILES string of the molecule is COc1ccccc1N[C@H](C)C(=O)N/N=C\c1cccc(Br)c1. The van der Waals surface area contributed by atoms with Gasteiger partial charge in [-0.25, -0.2) is 5.43 Å². The van der Waals surface area contributed by atoms with Crippen molar-refractivity contribution in [2.75, 3.05) is 12.4 Å². The van der Waals surface area contributed by atoms with Crippen LogP contribution in [0.2, 0.25) is 0 Å². The Morgan fingerprint density at radius 3 is 2.78 bits per heavy atom. The first kappa shape index (κ1) is 17.0. The number of methoxy groups -OCH3 is 1. The Morgan fingerprint density at radius 1 is 1.26 bits per heavy atom. The molecule has 120 valence electrons. The molecule has 0 saturated carbocycles. The third-order valence-electron chi connectivity index (χ3n) is 3.11. The fraction of sp³-hybridized carbons (Fsp3) is 0.176. The van der Waals surface area contributed by atoms with Crippen molar-refractivity contribution in [2.45, 2.75) is 13.0 Å². The Hall–Kier alpha value is -2.34. The number of hydrogen-bond donors (Lipinski definition) is 2. The lowest BCUT2D eigenvalue weighted by Gasteiger charge is -2.15. The van der Waals surface area contributed by atoms with Crippen molar-refractivity contribution in [3.8, 4) is 5.75 Å². The van der Waals surface area contributed by atoms with Crippen molar-refractivity contribution >= 4 is 33.7 Å². The Morgan fingerprint density at radius 2 is 2.04 bits per heavy atom. The van der Waals surface area contributed by atoms with E-state index in [9.17, 15) is 4.79 Å². The van der Waals surface area contributed by atoms with E-state index in [4.69, 9.17) is 4.74 Å². The molecule has 0 heterocycles. The average molecular weight is 376 g/mol. The predicted molar refractivity (Wildman–Crippen MR) is 96.0 cm³/mol. The molecule has 2 aromatic carbocycles. The second-order valence-corrected chi connectivity index (χ2v) is 5.77. The van der Waals surface area contributed by atoms with Crippen molar-refractivity contribution in [3.05, 3.63) is 58.6 Å². The minimum Gasteiger partial charge on any atom is -0.495 e. The Kier molecular flexibility index (Phi) is 6.17. The van der Waals surface area contributed by atoms with Crippen molar-refractivity contribution in [1.29, 1.82) is 0 Å². The zero-order valence-electron chi connectivity index (χ0n) is 12.9.